The number of nitrogens with zero attached hydrogens (tertiary/aromatic N) is 1. The van der Waals surface area contributed by atoms with Gasteiger partial charge in [-0.25, -0.2) is 4.98 Å². The van der Waals surface area contributed by atoms with Crippen LogP contribution in [0.3, 0.4) is 0 Å². The van der Waals surface area contributed by atoms with Crippen LogP contribution >= 0.6 is 15.9 Å². The molecule has 0 aliphatic rings. The average Bonchev–Trinajstić information content (AvgIpc) is 2.17. The highest BCUT2D eigenvalue weighted by Gasteiger charge is 1.96. The summed E-state index contributed by atoms with van der Waals surface area (Å²) in [6.07, 6.45) is 2.60. The van der Waals surface area contributed by atoms with Crippen molar-refractivity contribution in [1.29, 1.82) is 0 Å². The molecule has 0 saturated heterocycles. The predicted molar refractivity (Wildman–Crippen MR) is 38.7 cm³/mol. The van der Waals surface area contributed by atoms with E-state index >= 15 is 0 Å². The van der Waals surface area contributed by atoms with E-state index in [0.29, 0.717) is 0 Å². The second-order valence-corrected chi connectivity index (χ2v) is 2.60. The summed E-state index contributed by atoms with van der Waals surface area (Å²) in [6, 6.07) is 0. The first-order chi connectivity index (χ1) is 4.33. The zero-order chi connectivity index (χ0) is 6.69. The van der Waals surface area contributed by atoms with E-state index in [0.717, 1.165) is 23.4 Å². The molecule has 0 aliphatic heterocycles. The number of oxazole rings is 1. The average molecular weight is 190 g/mol. The first-order valence-corrected chi connectivity index (χ1v) is 3.92. The largest absolute Gasteiger partial charge is 0.446 e. The van der Waals surface area contributed by atoms with Crippen molar-refractivity contribution in [2.24, 2.45) is 0 Å². The maximum absolute atomic E-state index is 5.18. The van der Waals surface area contributed by atoms with Gasteiger partial charge in [0.1, 0.15) is 5.76 Å². The highest BCUT2D eigenvalue weighted by Crippen LogP contribution is 2.02. The minimum absolute atomic E-state index is 0.810. The molecule has 0 aliphatic carbocycles. The van der Waals surface area contributed by atoms with Gasteiger partial charge < -0.3 is 4.42 Å². The normalized spacial score (nSPS) is 10.0. The summed E-state index contributed by atoms with van der Waals surface area (Å²) in [7, 11) is 0. The lowest BCUT2D eigenvalue weighted by atomic mass is 10.5. The second kappa shape index (κ2) is 3.01. The molecule has 0 unspecified atom stereocenters. The molecule has 3 heteroatoms. The molecular weight excluding hydrogens is 182 g/mol. The Morgan fingerprint density at radius 3 is 3.00 bits per heavy atom. The molecule has 0 amide bonds. The van der Waals surface area contributed by atoms with Gasteiger partial charge in [-0.1, -0.05) is 15.9 Å². The molecule has 0 spiro atoms. The quantitative estimate of drug-likeness (QED) is 0.665. The Morgan fingerprint density at radius 2 is 2.56 bits per heavy atom. The number of alkyl halides is 1. The van der Waals surface area contributed by atoms with E-state index < -0.39 is 0 Å². The Bertz CT molecular complexity index is 185. The number of hydrogen-bond donors (Lipinski definition) is 0. The van der Waals surface area contributed by atoms with Gasteiger partial charge in [-0.05, 0) is 6.92 Å². The van der Waals surface area contributed by atoms with E-state index in [2.05, 4.69) is 20.9 Å². The summed E-state index contributed by atoms with van der Waals surface area (Å²) in [4.78, 5) is 4.01. The Balaban J connectivity index is 2.61. The van der Waals surface area contributed by atoms with Gasteiger partial charge in [0.05, 0.1) is 6.20 Å². The van der Waals surface area contributed by atoms with Gasteiger partial charge >= 0.3 is 0 Å². The Morgan fingerprint density at radius 1 is 1.78 bits per heavy atom. The van der Waals surface area contributed by atoms with Crippen LogP contribution in [0.1, 0.15) is 11.7 Å². The van der Waals surface area contributed by atoms with Gasteiger partial charge in [0.25, 0.3) is 0 Å². The lowest BCUT2D eigenvalue weighted by molar-refractivity contribution is 0.478. The zero-order valence-corrected chi connectivity index (χ0v) is 6.81. The smallest absolute Gasteiger partial charge is 0.195 e. The molecule has 0 saturated carbocycles. The second-order valence-electron chi connectivity index (χ2n) is 1.80. The van der Waals surface area contributed by atoms with Crippen molar-refractivity contribution in [3.05, 3.63) is 17.8 Å². The summed E-state index contributed by atoms with van der Waals surface area (Å²) in [6.45, 7) is 1.89. The molecule has 1 aromatic heterocycles. The van der Waals surface area contributed by atoms with Crippen LogP contribution in [0.15, 0.2) is 10.6 Å². The van der Waals surface area contributed by atoms with Crippen LogP contribution in [-0.4, -0.2) is 10.3 Å². The van der Waals surface area contributed by atoms with E-state index in [9.17, 15) is 0 Å². The first kappa shape index (κ1) is 6.81. The molecule has 0 fully saturated rings. The standard InChI is InChI=1S/C6H8BrNO/c1-5-4-8-6(9-5)2-3-7/h4H,2-3H2,1H3. The lowest BCUT2D eigenvalue weighted by Crippen LogP contribution is -1.82. The summed E-state index contributed by atoms with van der Waals surface area (Å²) >= 11 is 3.30. The van der Waals surface area contributed by atoms with Gasteiger partial charge in [0.2, 0.25) is 0 Å². The van der Waals surface area contributed by atoms with Crippen LogP contribution in [-0.2, 0) is 6.42 Å². The van der Waals surface area contributed by atoms with Crippen molar-refractivity contribution in [1.82, 2.24) is 4.98 Å². The first-order valence-electron chi connectivity index (χ1n) is 2.80. The number of aryl methyl sites for hydroxylation is 2. The molecule has 50 valence electrons. The highest BCUT2D eigenvalue weighted by molar-refractivity contribution is 9.09. The maximum atomic E-state index is 5.18. The van der Waals surface area contributed by atoms with Gasteiger partial charge in [0.15, 0.2) is 5.89 Å². The Hall–Kier alpha value is -0.310. The third-order valence-corrected chi connectivity index (χ3v) is 1.37. The lowest BCUT2D eigenvalue weighted by Gasteiger charge is -1.84. The van der Waals surface area contributed by atoms with E-state index in [4.69, 9.17) is 4.42 Å². The molecular formula is C6H8BrNO. The van der Waals surface area contributed by atoms with Crippen LogP contribution in [0.5, 0.6) is 0 Å². The number of aromatic nitrogens is 1. The highest BCUT2D eigenvalue weighted by atomic mass is 79.9. The van der Waals surface area contributed by atoms with Gasteiger partial charge in [-0.3, -0.25) is 0 Å². The minimum Gasteiger partial charge on any atom is -0.446 e. The van der Waals surface area contributed by atoms with Crippen LogP contribution in [0.4, 0.5) is 0 Å². The summed E-state index contributed by atoms with van der Waals surface area (Å²) < 4.78 is 5.18. The third kappa shape index (κ3) is 1.82. The summed E-state index contributed by atoms with van der Waals surface area (Å²) in [5.41, 5.74) is 0. The van der Waals surface area contributed by atoms with E-state index in [-0.39, 0.29) is 0 Å². The fraction of sp³-hybridized carbons (Fsp3) is 0.500. The van der Waals surface area contributed by atoms with Crippen molar-refractivity contribution in [2.75, 3.05) is 5.33 Å². The maximum Gasteiger partial charge on any atom is 0.195 e. The SMILES string of the molecule is Cc1cnc(CCBr)o1. The van der Waals surface area contributed by atoms with Crippen LogP contribution in [0.25, 0.3) is 0 Å². The molecule has 0 aromatic carbocycles. The molecule has 0 radical (unpaired) electrons. The molecule has 1 aromatic rings. The molecule has 0 bridgehead atoms. The molecule has 9 heavy (non-hydrogen) atoms. The van der Waals surface area contributed by atoms with Gasteiger partial charge in [-0.2, -0.15) is 0 Å². The molecule has 1 rings (SSSR count). The van der Waals surface area contributed by atoms with E-state index in [1.807, 2.05) is 6.92 Å². The molecule has 0 atom stereocenters. The zero-order valence-electron chi connectivity index (χ0n) is 5.22. The summed E-state index contributed by atoms with van der Waals surface area (Å²) in [5, 5.41) is 0.910. The monoisotopic (exact) mass is 189 g/mol. The number of rotatable bonds is 2. The van der Waals surface area contributed by atoms with Crippen molar-refractivity contribution in [3.63, 3.8) is 0 Å². The Labute approximate surface area is 62.4 Å². The van der Waals surface area contributed by atoms with Crippen LogP contribution < -0.4 is 0 Å². The topological polar surface area (TPSA) is 26.0 Å². The van der Waals surface area contributed by atoms with E-state index in [1.165, 1.54) is 0 Å². The fourth-order valence-electron chi connectivity index (χ4n) is 0.598. The van der Waals surface area contributed by atoms with Crippen LogP contribution in [0.2, 0.25) is 0 Å². The van der Waals surface area contributed by atoms with Crippen molar-refractivity contribution < 1.29 is 4.42 Å². The number of halogens is 1. The van der Waals surface area contributed by atoms with Gasteiger partial charge in [0, 0.05) is 11.8 Å². The number of hydrogen-bond acceptors (Lipinski definition) is 2. The molecule has 0 N–H and O–H groups in total. The van der Waals surface area contributed by atoms with E-state index in [1.54, 1.807) is 6.20 Å². The molecule has 2 nitrogen and oxygen atoms in total. The van der Waals surface area contributed by atoms with Crippen molar-refractivity contribution >= 4 is 15.9 Å². The van der Waals surface area contributed by atoms with Crippen LogP contribution in [0, 0.1) is 6.92 Å². The van der Waals surface area contributed by atoms with Gasteiger partial charge in [-0.15, -0.1) is 0 Å². The predicted octanol–water partition coefficient (Wildman–Crippen LogP) is 1.92. The Kier molecular flexibility index (Phi) is 2.28. The van der Waals surface area contributed by atoms with Crippen molar-refractivity contribution in [3.8, 4) is 0 Å². The van der Waals surface area contributed by atoms with Crippen molar-refractivity contribution in [2.45, 2.75) is 13.3 Å². The minimum atomic E-state index is 0.810. The molecule has 1 heterocycles. The summed E-state index contributed by atoms with van der Waals surface area (Å²) in [5.74, 6) is 1.69. The fourth-order valence-corrected chi connectivity index (χ4v) is 0.937. The third-order valence-electron chi connectivity index (χ3n) is 0.978.